The third-order valence-electron chi connectivity index (χ3n) is 1.87. The van der Waals surface area contributed by atoms with Gasteiger partial charge in [-0.1, -0.05) is 43.3 Å². The van der Waals surface area contributed by atoms with E-state index in [2.05, 4.69) is 37.3 Å². The normalized spacial score (nSPS) is 10.8. The smallest absolute Gasteiger partial charge is 0.0110 e. The largest absolute Gasteiger partial charge is 0.327 e. The Balaban J connectivity index is 2.89. The lowest BCUT2D eigenvalue weighted by Crippen LogP contribution is -1.92. The first-order valence-corrected chi connectivity index (χ1v) is 4.33. The zero-order valence-electron chi connectivity index (χ0n) is 7.46. The van der Waals surface area contributed by atoms with Gasteiger partial charge in [-0.15, -0.1) is 0 Å². The van der Waals surface area contributed by atoms with Gasteiger partial charge in [0.05, 0.1) is 0 Å². The van der Waals surface area contributed by atoms with Gasteiger partial charge >= 0.3 is 0 Å². The molecular weight excluding hydrogens is 146 g/mol. The van der Waals surface area contributed by atoms with Gasteiger partial charge in [0.15, 0.2) is 0 Å². The van der Waals surface area contributed by atoms with Crippen molar-refractivity contribution < 1.29 is 0 Å². The van der Waals surface area contributed by atoms with Crippen LogP contribution in [0.4, 0.5) is 0 Å². The van der Waals surface area contributed by atoms with E-state index in [-0.39, 0.29) is 0 Å². The molecule has 1 nitrogen and oxygen atoms in total. The number of aryl methyl sites for hydroxylation is 1. The standard InChI is InChI=1S/C11H15N/c1-2-10-6-3-4-7-11(10)8-5-9-12/h3-8H,2,9,12H2,1H3/b8-5+. The molecule has 0 spiro atoms. The Labute approximate surface area is 73.9 Å². The van der Waals surface area contributed by atoms with E-state index in [1.807, 2.05) is 6.08 Å². The molecule has 0 bridgehead atoms. The highest BCUT2D eigenvalue weighted by Crippen LogP contribution is 2.10. The quantitative estimate of drug-likeness (QED) is 0.722. The topological polar surface area (TPSA) is 26.0 Å². The molecule has 0 saturated carbocycles. The summed E-state index contributed by atoms with van der Waals surface area (Å²) in [4.78, 5) is 0. The highest BCUT2D eigenvalue weighted by Gasteiger charge is 1.93. The first-order valence-electron chi connectivity index (χ1n) is 4.33. The molecule has 0 aliphatic carbocycles. The number of hydrogen-bond acceptors (Lipinski definition) is 1. The Morgan fingerprint density at radius 2 is 2.08 bits per heavy atom. The SMILES string of the molecule is CCc1ccccc1/C=C/CN. The van der Waals surface area contributed by atoms with Crippen molar-refractivity contribution >= 4 is 6.08 Å². The monoisotopic (exact) mass is 161 g/mol. The molecule has 1 aromatic rings. The summed E-state index contributed by atoms with van der Waals surface area (Å²) in [6.45, 7) is 2.77. The third-order valence-corrected chi connectivity index (χ3v) is 1.87. The molecule has 0 radical (unpaired) electrons. The van der Waals surface area contributed by atoms with E-state index in [0.29, 0.717) is 6.54 Å². The van der Waals surface area contributed by atoms with Crippen molar-refractivity contribution in [2.24, 2.45) is 5.73 Å². The summed E-state index contributed by atoms with van der Waals surface area (Å²) >= 11 is 0. The van der Waals surface area contributed by atoms with Crippen molar-refractivity contribution in [2.45, 2.75) is 13.3 Å². The van der Waals surface area contributed by atoms with Crippen LogP contribution in [0.25, 0.3) is 6.08 Å². The zero-order valence-corrected chi connectivity index (χ0v) is 7.46. The predicted octanol–water partition coefficient (Wildman–Crippen LogP) is 2.22. The molecule has 0 fully saturated rings. The third kappa shape index (κ3) is 2.21. The minimum Gasteiger partial charge on any atom is -0.327 e. The molecule has 0 amide bonds. The van der Waals surface area contributed by atoms with Crippen LogP contribution in [-0.2, 0) is 6.42 Å². The number of rotatable bonds is 3. The first kappa shape index (κ1) is 9.01. The van der Waals surface area contributed by atoms with Crippen LogP contribution in [0.15, 0.2) is 30.3 Å². The van der Waals surface area contributed by atoms with Crippen LogP contribution in [0.5, 0.6) is 0 Å². The molecule has 0 atom stereocenters. The minimum atomic E-state index is 0.609. The van der Waals surface area contributed by atoms with Gasteiger partial charge in [-0.25, -0.2) is 0 Å². The maximum Gasteiger partial charge on any atom is 0.0110 e. The van der Waals surface area contributed by atoms with Gasteiger partial charge in [-0.2, -0.15) is 0 Å². The van der Waals surface area contributed by atoms with Crippen LogP contribution in [0.1, 0.15) is 18.1 Å². The fourth-order valence-corrected chi connectivity index (χ4v) is 1.21. The second kappa shape index (κ2) is 4.73. The van der Waals surface area contributed by atoms with E-state index >= 15 is 0 Å². The molecule has 0 heterocycles. The maximum absolute atomic E-state index is 5.38. The van der Waals surface area contributed by atoms with Crippen molar-refractivity contribution in [1.82, 2.24) is 0 Å². The molecule has 0 saturated heterocycles. The second-order valence-electron chi connectivity index (χ2n) is 2.69. The van der Waals surface area contributed by atoms with E-state index in [1.54, 1.807) is 0 Å². The summed E-state index contributed by atoms with van der Waals surface area (Å²) in [6.07, 6.45) is 5.14. The van der Waals surface area contributed by atoms with Crippen LogP contribution >= 0.6 is 0 Å². The summed E-state index contributed by atoms with van der Waals surface area (Å²) in [5.74, 6) is 0. The molecular formula is C11H15N. The van der Waals surface area contributed by atoms with Crippen molar-refractivity contribution in [2.75, 3.05) is 6.54 Å². The zero-order chi connectivity index (χ0) is 8.81. The van der Waals surface area contributed by atoms with E-state index in [9.17, 15) is 0 Å². The van der Waals surface area contributed by atoms with Gasteiger partial charge in [-0.3, -0.25) is 0 Å². The van der Waals surface area contributed by atoms with Crippen molar-refractivity contribution in [3.8, 4) is 0 Å². The fraction of sp³-hybridized carbons (Fsp3) is 0.273. The van der Waals surface area contributed by atoms with Gasteiger partial charge in [0.1, 0.15) is 0 Å². The fourth-order valence-electron chi connectivity index (χ4n) is 1.21. The molecule has 12 heavy (non-hydrogen) atoms. The Hall–Kier alpha value is -1.08. The Bertz CT molecular complexity index is 263. The van der Waals surface area contributed by atoms with Gasteiger partial charge in [-0.05, 0) is 17.5 Å². The molecule has 2 N–H and O–H groups in total. The number of hydrogen-bond donors (Lipinski definition) is 1. The summed E-state index contributed by atoms with van der Waals surface area (Å²) < 4.78 is 0. The Morgan fingerprint density at radius 1 is 1.33 bits per heavy atom. The molecule has 0 aromatic heterocycles. The summed E-state index contributed by atoms with van der Waals surface area (Å²) in [6, 6.07) is 8.38. The molecule has 0 aliphatic heterocycles. The maximum atomic E-state index is 5.38. The average molecular weight is 161 g/mol. The second-order valence-corrected chi connectivity index (χ2v) is 2.69. The first-order chi connectivity index (χ1) is 5.88. The van der Waals surface area contributed by atoms with Gasteiger partial charge in [0.25, 0.3) is 0 Å². The molecule has 1 rings (SSSR count). The minimum absolute atomic E-state index is 0.609. The van der Waals surface area contributed by atoms with Crippen molar-refractivity contribution in [3.63, 3.8) is 0 Å². The lowest BCUT2D eigenvalue weighted by Gasteiger charge is -2.00. The van der Waals surface area contributed by atoms with E-state index in [1.165, 1.54) is 11.1 Å². The van der Waals surface area contributed by atoms with Crippen LogP contribution in [0.2, 0.25) is 0 Å². The number of benzene rings is 1. The van der Waals surface area contributed by atoms with Crippen molar-refractivity contribution in [1.29, 1.82) is 0 Å². The number of nitrogens with two attached hydrogens (primary N) is 1. The van der Waals surface area contributed by atoms with Gasteiger partial charge in [0.2, 0.25) is 0 Å². The highest BCUT2D eigenvalue weighted by atomic mass is 14.5. The van der Waals surface area contributed by atoms with Crippen LogP contribution in [0.3, 0.4) is 0 Å². The van der Waals surface area contributed by atoms with E-state index in [0.717, 1.165) is 6.42 Å². The molecule has 0 unspecified atom stereocenters. The van der Waals surface area contributed by atoms with Crippen LogP contribution in [-0.4, -0.2) is 6.54 Å². The molecule has 64 valence electrons. The Kier molecular flexibility index (Phi) is 3.55. The molecule has 0 aliphatic rings. The van der Waals surface area contributed by atoms with Crippen LogP contribution in [0, 0.1) is 0 Å². The van der Waals surface area contributed by atoms with Gasteiger partial charge < -0.3 is 5.73 Å². The summed E-state index contributed by atoms with van der Waals surface area (Å²) in [7, 11) is 0. The van der Waals surface area contributed by atoms with Gasteiger partial charge in [0, 0.05) is 6.54 Å². The summed E-state index contributed by atoms with van der Waals surface area (Å²) in [5, 5.41) is 0. The molecule has 1 aromatic carbocycles. The average Bonchev–Trinajstić information content (AvgIpc) is 2.15. The predicted molar refractivity (Wildman–Crippen MR) is 53.9 cm³/mol. The lowest BCUT2D eigenvalue weighted by atomic mass is 10.1. The molecule has 1 heteroatoms. The van der Waals surface area contributed by atoms with E-state index in [4.69, 9.17) is 5.73 Å². The van der Waals surface area contributed by atoms with Crippen LogP contribution < -0.4 is 5.73 Å². The van der Waals surface area contributed by atoms with E-state index < -0.39 is 0 Å². The highest BCUT2D eigenvalue weighted by molar-refractivity contribution is 5.53. The van der Waals surface area contributed by atoms with Crippen molar-refractivity contribution in [3.05, 3.63) is 41.5 Å². The summed E-state index contributed by atoms with van der Waals surface area (Å²) in [5.41, 5.74) is 8.04. The Morgan fingerprint density at radius 3 is 2.75 bits per heavy atom. The lowest BCUT2D eigenvalue weighted by molar-refractivity contribution is 1.13.